The lowest BCUT2D eigenvalue weighted by atomic mass is 10.1. The second-order valence-corrected chi connectivity index (χ2v) is 7.18. The van der Waals surface area contributed by atoms with E-state index < -0.39 is 5.76 Å². The highest BCUT2D eigenvalue weighted by atomic mass is 16.4. The lowest BCUT2D eigenvalue weighted by Crippen LogP contribution is -2.56. The zero-order valence-electron chi connectivity index (χ0n) is 14.6. The number of fused-ring (bicyclic) bond motifs is 1. The zero-order valence-corrected chi connectivity index (χ0v) is 14.6. The van der Waals surface area contributed by atoms with Crippen molar-refractivity contribution in [3.63, 3.8) is 0 Å². The Morgan fingerprint density at radius 1 is 1.12 bits per heavy atom. The predicted octanol–water partition coefficient (Wildman–Crippen LogP) is 1.39. The van der Waals surface area contributed by atoms with Crippen molar-refractivity contribution in [2.45, 2.75) is 26.3 Å². The first-order valence-corrected chi connectivity index (χ1v) is 8.22. The van der Waals surface area contributed by atoms with Crippen LogP contribution in [0.15, 0.2) is 27.4 Å². The Balaban J connectivity index is 1.64. The van der Waals surface area contributed by atoms with Gasteiger partial charge in [-0.05, 0) is 39.0 Å². The molecule has 134 valence electrons. The molecule has 0 radical (unpaired) electrons. The zero-order chi connectivity index (χ0) is 18.2. The molecule has 3 rings (SSSR count). The van der Waals surface area contributed by atoms with E-state index in [1.54, 1.807) is 28.0 Å². The Labute approximate surface area is 144 Å². The summed E-state index contributed by atoms with van der Waals surface area (Å²) >= 11 is 0. The molecule has 1 fully saturated rings. The summed E-state index contributed by atoms with van der Waals surface area (Å²) in [5.74, 6) is -0.669. The summed E-state index contributed by atoms with van der Waals surface area (Å²) in [6, 6.07) is 4.74. The maximum atomic E-state index is 12.6. The topological polar surface area (TPSA) is 98.7 Å². The van der Waals surface area contributed by atoms with Crippen LogP contribution in [-0.2, 0) is 0 Å². The van der Waals surface area contributed by atoms with Crippen molar-refractivity contribution in [3.05, 3.63) is 34.3 Å². The highest BCUT2D eigenvalue weighted by Crippen LogP contribution is 2.15. The molecular weight excluding hydrogens is 324 g/mol. The average molecular weight is 346 g/mol. The van der Waals surface area contributed by atoms with Gasteiger partial charge in [-0.25, -0.2) is 9.59 Å². The summed E-state index contributed by atoms with van der Waals surface area (Å²) in [7, 11) is 0. The number of piperazine rings is 1. The summed E-state index contributed by atoms with van der Waals surface area (Å²) in [5, 5.41) is 2.93. The summed E-state index contributed by atoms with van der Waals surface area (Å²) in [6.45, 7) is 7.70. The van der Waals surface area contributed by atoms with E-state index in [-0.39, 0.29) is 17.5 Å². The lowest BCUT2D eigenvalue weighted by molar-refractivity contribution is 0.0661. The number of oxazole rings is 1. The van der Waals surface area contributed by atoms with Gasteiger partial charge in [0.05, 0.1) is 5.52 Å². The Kier molecular flexibility index (Phi) is 4.28. The van der Waals surface area contributed by atoms with Crippen LogP contribution in [0.1, 0.15) is 31.1 Å². The predicted molar refractivity (Wildman–Crippen MR) is 92.6 cm³/mol. The number of aromatic amines is 1. The lowest BCUT2D eigenvalue weighted by Gasteiger charge is -2.36. The molecule has 8 nitrogen and oxygen atoms in total. The van der Waals surface area contributed by atoms with E-state index in [0.29, 0.717) is 42.8 Å². The second kappa shape index (κ2) is 6.27. The van der Waals surface area contributed by atoms with E-state index in [2.05, 4.69) is 10.3 Å². The molecule has 2 aromatic rings. The van der Waals surface area contributed by atoms with Crippen molar-refractivity contribution in [2.24, 2.45) is 0 Å². The second-order valence-electron chi connectivity index (χ2n) is 7.18. The molecule has 1 aliphatic rings. The molecule has 1 aromatic carbocycles. The van der Waals surface area contributed by atoms with E-state index in [9.17, 15) is 14.4 Å². The fraction of sp³-hybridized carbons (Fsp3) is 0.471. The molecule has 1 saturated heterocycles. The number of benzene rings is 1. The first-order chi connectivity index (χ1) is 11.7. The maximum Gasteiger partial charge on any atom is 0.417 e. The number of nitrogens with zero attached hydrogens (tertiary/aromatic N) is 2. The smallest absolute Gasteiger partial charge is 0.408 e. The average Bonchev–Trinajstić information content (AvgIpc) is 2.91. The number of hydrogen-bond acceptors (Lipinski definition) is 4. The molecule has 0 atom stereocenters. The van der Waals surface area contributed by atoms with Gasteiger partial charge in [-0.1, -0.05) is 0 Å². The largest absolute Gasteiger partial charge is 0.417 e. The van der Waals surface area contributed by atoms with E-state index >= 15 is 0 Å². The Morgan fingerprint density at radius 3 is 2.40 bits per heavy atom. The van der Waals surface area contributed by atoms with Crippen molar-refractivity contribution >= 4 is 23.0 Å². The number of hydrogen-bond donors (Lipinski definition) is 2. The molecule has 3 amide bonds. The van der Waals surface area contributed by atoms with Crippen LogP contribution in [0, 0.1) is 0 Å². The highest BCUT2D eigenvalue weighted by molar-refractivity contribution is 5.97. The Bertz CT molecular complexity index is 853. The van der Waals surface area contributed by atoms with Crippen molar-refractivity contribution in [1.82, 2.24) is 20.1 Å². The number of aromatic nitrogens is 1. The molecule has 1 aromatic heterocycles. The number of H-pyrrole nitrogens is 1. The molecule has 0 unspecified atom stereocenters. The first kappa shape index (κ1) is 17.1. The van der Waals surface area contributed by atoms with Gasteiger partial charge in [0.1, 0.15) is 0 Å². The van der Waals surface area contributed by atoms with Crippen LogP contribution in [0.25, 0.3) is 11.1 Å². The molecule has 2 N–H and O–H groups in total. The van der Waals surface area contributed by atoms with Gasteiger partial charge in [0.2, 0.25) is 0 Å². The minimum Gasteiger partial charge on any atom is -0.408 e. The quantitative estimate of drug-likeness (QED) is 0.815. The molecule has 0 aliphatic carbocycles. The van der Waals surface area contributed by atoms with Gasteiger partial charge in [0.15, 0.2) is 5.58 Å². The number of carbonyl (C=O) groups is 2. The molecule has 0 spiro atoms. The third-order valence-corrected chi connectivity index (χ3v) is 4.00. The number of nitrogens with one attached hydrogen (secondary N) is 2. The summed E-state index contributed by atoms with van der Waals surface area (Å²) in [4.78, 5) is 42.0. The van der Waals surface area contributed by atoms with Gasteiger partial charge in [0, 0.05) is 37.3 Å². The number of carbonyl (C=O) groups excluding carboxylic acids is 2. The standard InChI is InChI=1S/C17H22N4O4/c1-17(2,3)19-15(23)21-8-6-20(7-9-21)14(22)11-4-5-13-12(10-11)18-16(24)25-13/h4-5,10H,6-9H2,1-3H3,(H,18,24)(H,19,23). The van der Waals surface area contributed by atoms with Crippen molar-refractivity contribution < 1.29 is 14.0 Å². The Morgan fingerprint density at radius 2 is 1.76 bits per heavy atom. The maximum absolute atomic E-state index is 12.6. The van der Waals surface area contributed by atoms with Gasteiger partial charge in [-0.3, -0.25) is 9.78 Å². The van der Waals surface area contributed by atoms with Crippen LogP contribution in [0.3, 0.4) is 0 Å². The number of amides is 3. The monoisotopic (exact) mass is 346 g/mol. The third kappa shape index (κ3) is 3.84. The third-order valence-electron chi connectivity index (χ3n) is 4.00. The highest BCUT2D eigenvalue weighted by Gasteiger charge is 2.26. The van der Waals surface area contributed by atoms with Crippen LogP contribution in [0.2, 0.25) is 0 Å². The van der Waals surface area contributed by atoms with E-state index in [1.807, 2.05) is 20.8 Å². The van der Waals surface area contributed by atoms with Gasteiger partial charge in [-0.2, -0.15) is 0 Å². The summed E-state index contributed by atoms with van der Waals surface area (Å²) in [6.07, 6.45) is 0. The molecule has 8 heteroatoms. The van der Waals surface area contributed by atoms with Crippen LogP contribution in [0.5, 0.6) is 0 Å². The summed E-state index contributed by atoms with van der Waals surface area (Å²) in [5.41, 5.74) is 1.11. The van der Waals surface area contributed by atoms with Crippen LogP contribution in [0.4, 0.5) is 4.79 Å². The Hall–Kier alpha value is -2.77. The van der Waals surface area contributed by atoms with Crippen molar-refractivity contribution in [3.8, 4) is 0 Å². The minimum absolute atomic E-state index is 0.114. The fourth-order valence-corrected chi connectivity index (χ4v) is 2.78. The fourth-order valence-electron chi connectivity index (χ4n) is 2.78. The van der Waals surface area contributed by atoms with Gasteiger partial charge in [0.25, 0.3) is 5.91 Å². The van der Waals surface area contributed by atoms with E-state index in [1.165, 1.54) is 0 Å². The molecule has 0 bridgehead atoms. The normalized spacial score (nSPS) is 15.5. The van der Waals surface area contributed by atoms with Gasteiger partial charge in [-0.15, -0.1) is 0 Å². The summed E-state index contributed by atoms with van der Waals surface area (Å²) < 4.78 is 4.94. The van der Waals surface area contributed by atoms with E-state index in [4.69, 9.17) is 4.42 Å². The molecule has 2 heterocycles. The molecular formula is C17H22N4O4. The molecule has 0 saturated carbocycles. The van der Waals surface area contributed by atoms with Crippen LogP contribution in [-0.4, -0.2) is 58.4 Å². The molecule has 25 heavy (non-hydrogen) atoms. The van der Waals surface area contributed by atoms with Crippen molar-refractivity contribution in [2.75, 3.05) is 26.2 Å². The van der Waals surface area contributed by atoms with E-state index in [0.717, 1.165) is 0 Å². The van der Waals surface area contributed by atoms with Crippen LogP contribution < -0.4 is 11.1 Å². The minimum atomic E-state index is -0.543. The first-order valence-electron chi connectivity index (χ1n) is 8.22. The number of urea groups is 1. The van der Waals surface area contributed by atoms with Crippen LogP contribution >= 0.6 is 0 Å². The van der Waals surface area contributed by atoms with Gasteiger partial charge >= 0.3 is 11.8 Å². The molecule has 1 aliphatic heterocycles. The number of rotatable bonds is 1. The van der Waals surface area contributed by atoms with Crippen molar-refractivity contribution in [1.29, 1.82) is 0 Å². The van der Waals surface area contributed by atoms with Gasteiger partial charge < -0.3 is 19.5 Å². The SMILES string of the molecule is CC(C)(C)NC(=O)N1CCN(C(=O)c2ccc3oc(=O)[nH]c3c2)CC1.